The number of ether oxygens (including phenoxy) is 1. The Morgan fingerprint density at radius 1 is 1.10 bits per heavy atom. The van der Waals surface area contributed by atoms with E-state index in [9.17, 15) is 18.0 Å². The maximum atomic E-state index is 13.1. The zero-order valence-electron chi connectivity index (χ0n) is 17.5. The van der Waals surface area contributed by atoms with E-state index in [0.717, 1.165) is 44.9 Å². The van der Waals surface area contributed by atoms with Crippen molar-refractivity contribution in [2.24, 2.45) is 5.92 Å². The lowest BCUT2D eigenvalue weighted by atomic mass is 10.1. The summed E-state index contributed by atoms with van der Waals surface area (Å²) in [5, 5.41) is 5.54. The third-order valence-corrected chi connectivity index (χ3v) is 7.68. The van der Waals surface area contributed by atoms with Gasteiger partial charge in [-0.3, -0.25) is 9.59 Å². The molecule has 0 atom stereocenters. The van der Waals surface area contributed by atoms with Gasteiger partial charge in [-0.1, -0.05) is 19.3 Å². The number of rotatable bonds is 8. The highest BCUT2D eigenvalue weighted by atomic mass is 32.2. The van der Waals surface area contributed by atoms with Crippen LogP contribution in [0.15, 0.2) is 23.1 Å². The number of carbonyl (C=O) groups is 2. The average Bonchev–Trinajstić information content (AvgIpc) is 3.29. The molecule has 0 aromatic heterocycles. The molecule has 0 unspecified atom stereocenters. The van der Waals surface area contributed by atoms with Crippen LogP contribution in [0.5, 0.6) is 5.75 Å². The van der Waals surface area contributed by atoms with Crippen LogP contribution in [0.25, 0.3) is 0 Å². The van der Waals surface area contributed by atoms with Crippen LogP contribution in [-0.2, 0) is 19.6 Å². The predicted molar refractivity (Wildman–Crippen MR) is 114 cm³/mol. The van der Waals surface area contributed by atoms with E-state index < -0.39 is 10.0 Å². The monoisotopic (exact) mass is 437 g/mol. The first kappa shape index (κ1) is 22.6. The molecule has 1 aliphatic carbocycles. The van der Waals surface area contributed by atoms with Gasteiger partial charge in [0.15, 0.2) is 0 Å². The average molecular weight is 438 g/mol. The fourth-order valence-electron chi connectivity index (χ4n) is 4.06. The van der Waals surface area contributed by atoms with Gasteiger partial charge in [0.05, 0.1) is 7.11 Å². The Labute approximate surface area is 178 Å². The largest absolute Gasteiger partial charge is 0.495 e. The van der Waals surface area contributed by atoms with Crippen LogP contribution in [0, 0.1) is 5.92 Å². The number of carbonyl (C=O) groups excluding carboxylic acids is 2. The molecule has 3 rings (SSSR count). The second-order valence-electron chi connectivity index (χ2n) is 7.90. The van der Waals surface area contributed by atoms with E-state index in [4.69, 9.17) is 4.74 Å². The van der Waals surface area contributed by atoms with Gasteiger partial charge in [0.2, 0.25) is 21.8 Å². The Balaban J connectivity index is 1.61. The summed E-state index contributed by atoms with van der Waals surface area (Å²) in [6.07, 6.45) is 6.82. The highest BCUT2D eigenvalue weighted by molar-refractivity contribution is 7.89. The summed E-state index contributed by atoms with van der Waals surface area (Å²) < 4.78 is 32.9. The summed E-state index contributed by atoms with van der Waals surface area (Å²) in [6, 6.07) is 4.61. The molecule has 2 N–H and O–H groups in total. The second kappa shape index (κ2) is 10.3. The number of hydrogen-bond acceptors (Lipinski definition) is 5. The number of methoxy groups -OCH3 is 1. The molecule has 1 saturated carbocycles. The van der Waals surface area contributed by atoms with Crippen LogP contribution >= 0.6 is 0 Å². The summed E-state index contributed by atoms with van der Waals surface area (Å²) in [7, 11) is -2.27. The molecule has 166 valence electrons. The molecule has 1 aromatic carbocycles. The van der Waals surface area contributed by atoms with Gasteiger partial charge >= 0.3 is 0 Å². The summed E-state index contributed by atoms with van der Waals surface area (Å²) >= 11 is 0. The van der Waals surface area contributed by atoms with Crippen molar-refractivity contribution in [3.8, 4) is 5.75 Å². The lowest BCUT2D eigenvalue weighted by Crippen LogP contribution is -2.35. The maximum absolute atomic E-state index is 13.1. The summed E-state index contributed by atoms with van der Waals surface area (Å²) in [5.41, 5.74) is 0.388. The Bertz CT molecular complexity index is 859. The van der Waals surface area contributed by atoms with Gasteiger partial charge in [-0.2, -0.15) is 4.31 Å². The topological polar surface area (TPSA) is 105 Å². The van der Waals surface area contributed by atoms with Crippen LogP contribution in [0.3, 0.4) is 0 Å². The van der Waals surface area contributed by atoms with Gasteiger partial charge in [0.25, 0.3) is 0 Å². The number of nitrogens with one attached hydrogen (secondary N) is 2. The molecule has 30 heavy (non-hydrogen) atoms. The summed E-state index contributed by atoms with van der Waals surface area (Å²) in [6.45, 7) is 1.24. The normalized spacial score (nSPS) is 18.2. The number of benzene rings is 1. The molecule has 8 nitrogen and oxygen atoms in total. The van der Waals surface area contributed by atoms with Crippen molar-refractivity contribution in [1.29, 1.82) is 0 Å². The number of hydrogen-bond donors (Lipinski definition) is 2. The molecule has 2 aliphatic rings. The molecule has 2 amide bonds. The number of amides is 2. The van der Waals surface area contributed by atoms with Crippen LogP contribution < -0.4 is 15.4 Å². The number of anilines is 1. The van der Waals surface area contributed by atoms with E-state index in [1.54, 1.807) is 12.1 Å². The lowest BCUT2D eigenvalue weighted by molar-refractivity contribution is -0.124. The van der Waals surface area contributed by atoms with Crippen LogP contribution in [0.2, 0.25) is 0 Å². The van der Waals surface area contributed by atoms with Crippen molar-refractivity contribution in [1.82, 2.24) is 9.62 Å². The van der Waals surface area contributed by atoms with Gasteiger partial charge < -0.3 is 15.4 Å². The minimum Gasteiger partial charge on any atom is -0.495 e. The quantitative estimate of drug-likeness (QED) is 0.650. The molecule has 2 fully saturated rings. The predicted octanol–water partition coefficient (Wildman–Crippen LogP) is 2.50. The molecule has 1 saturated heterocycles. The molecule has 1 heterocycles. The van der Waals surface area contributed by atoms with Crippen LogP contribution in [-0.4, -0.2) is 51.3 Å². The van der Waals surface area contributed by atoms with E-state index in [-0.39, 0.29) is 41.3 Å². The molecule has 1 aromatic rings. The minimum atomic E-state index is -3.70. The van der Waals surface area contributed by atoms with Crippen LogP contribution in [0.1, 0.15) is 51.4 Å². The number of nitrogens with zero attached hydrogens (tertiary/aromatic N) is 1. The number of piperidine rings is 1. The van der Waals surface area contributed by atoms with Gasteiger partial charge in [0, 0.05) is 37.7 Å². The fraction of sp³-hybridized carbons (Fsp3) is 0.619. The van der Waals surface area contributed by atoms with Gasteiger partial charge in [-0.15, -0.1) is 0 Å². The van der Waals surface area contributed by atoms with Crippen molar-refractivity contribution >= 4 is 27.5 Å². The molecule has 0 radical (unpaired) electrons. The zero-order chi connectivity index (χ0) is 21.6. The van der Waals surface area contributed by atoms with Crippen molar-refractivity contribution in [2.75, 3.05) is 32.1 Å². The molecular formula is C21H31N3O5S. The van der Waals surface area contributed by atoms with E-state index in [1.807, 2.05) is 0 Å². The van der Waals surface area contributed by atoms with E-state index in [0.29, 0.717) is 18.8 Å². The van der Waals surface area contributed by atoms with Crippen molar-refractivity contribution in [3.63, 3.8) is 0 Å². The van der Waals surface area contributed by atoms with Gasteiger partial charge in [-0.05, 0) is 43.9 Å². The first-order valence-corrected chi connectivity index (χ1v) is 12.1. The van der Waals surface area contributed by atoms with Crippen LogP contribution in [0.4, 0.5) is 5.69 Å². The first-order valence-electron chi connectivity index (χ1n) is 10.7. The first-order chi connectivity index (χ1) is 14.4. The summed E-state index contributed by atoms with van der Waals surface area (Å²) in [4.78, 5) is 24.4. The standard InChI is InChI=1S/C21H31N3O5S/c1-29-18-10-9-17(15-19(18)30(27,28)24-13-5-2-6-14-24)23-20(25)11-12-22-21(26)16-7-3-4-8-16/h9-10,15-16H,2-8,11-14H2,1H3,(H,22,26)(H,23,25). The fourth-order valence-corrected chi connectivity index (χ4v) is 5.75. The Morgan fingerprint density at radius 2 is 1.80 bits per heavy atom. The van der Waals surface area contributed by atoms with Gasteiger partial charge in [-0.25, -0.2) is 8.42 Å². The van der Waals surface area contributed by atoms with Gasteiger partial charge in [0.1, 0.15) is 10.6 Å². The smallest absolute Gasteiger partial charge is 0.246 e. The second-order valence-corrected chi connectivity index (χ2v) is 9.81. The zero-order valence-corrected chi connectivity index (χ0v) is 18.3. The SMILES string of the molecule is COc1ccc(NC(=O)CCNC(=O)C2CCCC2)cc1S(=O)(=O)N1CCCCC1. The molecule has 0 spiro atoms. The highest BCUT2D eigenvalue weighted by Crippen LogP contribution is 2.31. The number of sulfonamides is 1. The Kier molecular flexibility index (Phi) is 7.71. The Hall–Kier alpha value is -2.13. The lowest BCUT2D eigenvalue weighted by Gasteiger charge is -2.26. The third kappa shape index (κ3) is 5.51. The molecular weight excluding hydrogens is 406 g/mol. The molecule has 9 heteroatoms. The molecule has 1 aliphatic heterocycles. The van der Waals surface area contributed by atoms with Crippen molar-refractivity contribution in [3.05, 3.63) is 18.2 Å². The van der Waals surface area contributed by atoms with E-state index >= 15 is 0 Å². The minimum absolute atomic E-state index is 0.0136. The Morgan fingerprint density at radius 3 is 2.47 bits per heavy atom. The van der Waals surface area contributed by atoms with Crippen molar-refractivity contribution < 1.29 is 22.7 Å². The highest BCUT2D eigenvalue weighted by Gasteiger charge is 2.29. The molecule has 0 bridgehead atoms. The van der Waals surface area contributed by atoms with Crippen molar-refractivity contribution in [2.45, 2.75) is 56.3 Å². The van der Waals surface area contributed by atoms with E-state index in [2.05, 4.69) is 10.6 Å². The third-order valence-electron chi connectivity index (χ3n) is 5.76. The summed E-state index contributed by atoms with van der Waals surface area (Å²) in [5.74, 6) is 0.0486. The maximum Gasteiger partial charge on any atom is 0.246 e. The van der Waals surface area contributed by atoms with E-state index in [1.165, 1.54) is 17.5 Å².